The molecule has 1 amide bonds. The summed E-state index contributed by atoms with van der Waals surface area (Å²) < 4.78 is 10.5. The van der Waals surface area contributed by atoms with Gasteiger partial charge in [0.2, 0.25) is 0 Å². The Morgan fingerprint density at radius 1 is 1.28 bits per heavy atom. The van der Waals surface area contributed by atoms with Crippen molar-refractivity contribution in [3.05, 3.63) is 60.1 Å². The number of nitrogens with one attached hydrogen (secondary N) is 1. The topological polar surface area (TPSA) is 51.5 Å². The van der Waals surface area contributed by atoms with Crippen LogP contribution in [0.1, 0.15) is 22.2 Å². The van der Waals surface area contributed by atoms with Gasteiger partial charge in [-0.2, -0.15) is 0 Å². The van der Waals surface area contributed by atoms with E-state index in [1.165, 1.54) is 0 Å². The summed E-state index contributed by atoms with van der Waals surface area (Å²) in [5.74, 6) is 0.579. The predicted octanol–water partition coefficient (Wildman–Crippen LogP) is 2.40. The molecule has 0 aliphatic heterocycles. The van der Waals surface area contributed by atoms with Crippen molar-refractivity contribution in [3.63, 3.8) is 0 Å². The van der Waals surface area contributed by atoms with Gasteiger partial charge in [0.15, 0.2) is 0 Å². The molecule has 0 saturated carbocycles. The molecular weight excluding hydrogens is 230 g/mol. The Balaban J connectivity index is 1.93. The van der Waals surface area contributed by atoms with Crippen LogP contribution < -0.4 is 5.32 Å². The molecule has 18 heavy (non-hydrogen) atoms. The summed E-state index contributed by atoms with van der Waals surface area (Å²) >= 11 is 0. The number of carbonyl (C=O) groups is 1. The number of carbonyl (C=O) groups excluding carboxylic acids is 1. The molecule has 94 valence electrons. The van der Waals surface area contributed by atoms with E-state index in [2.05, 4.69) is 5.32 Å². The van der Waals surface area contributed by atoms with Gasteiger partial charge >= 0.3 is 0 Å². The second-order valence-electron chi connectivity index (χ2n) is 3.82. The molecule has 4 heteroatoms. The summed E-state index contributed by atoms with van der Waals surface area (Å²) in [7, 11) is 1.59. The smallest absolute Gasteiger partial charge is 0.251 e. The van der Waals surface area contributed by atoms with Gasteiger partial charge in [-0.05, 0) is 24.3 Å². The third-order valence-corrected chi connectivity index (χ3v) is 2.63. The average molecular weight is 245 g/mol. The fourth-order valence-corrected chi connectivity index (χ4v) is 1.65. The molecule has 1 N–H and O–H groups in total. The molecule has 0 aliphatic carbocycles. The number of methoxy groups -OCH3 is 1. The Hall–Kier alpha value is -2.07. The Labute approximate surface area is 106 Å². The summed E-state index contributed by atoms with van der Waals surface area (Å²) in [5, 5.41) is 2.81. The number of ether oxygens (including phenoxy) is 1. The molecule has 1 atom stereocenters. The zero-order valence-corrected chi connectivity index (χ0v) is 10.1. The van der Waals surface area contributed by atoms with Crippen molar-refractivity contribution in [1.82, 2.24) is 5.32 Å². The highest BCUT2D eigenvalue weighted by Crippen LogP contribution is 2.15. The van der Waals surface area contributed by atoms with Gasteiger partial charge in [-0.15, -0.1) is 0 Å². The number of amides is 1. The quantitative estimate of drug-likeness (QED) is 0.880. The van der Waals surface area contributed by atoms with Gasteiger partial charge in [-0.3, -0.25) is 4.79 Å². The lowest BCUT2D eigenvalue weighted by Gasteiger charge is -2.13. The average Bonchev–Trinajstić information content (AvgIpc) is 2.94. The highest BCUT2D eigenvalue weighted by molar-refractivity contribution is 5.94. The molecule has 0 saturated heterocycles. The lowest BCUT2D eigenvalue weighted by Crippen LogP contribution is -2.28. The lowest BCUT2D eigenvalue weighted by atomic mass is 10.2. The predicted molar refractivity (Wildman–Crippen MR) is 67.2 cm³/mol. The fraction of sp³-hybridized carbons (Fsp3) is 0.214. The van der Waals surface area contributed by atoms with E-state index >= 15 is 0 Å². The van der Waals surface area contributed by atoms with Crippen LogP contribution in [0.3, 0.4) is 0 Å². The maximum Gasteiger partial charge on any atom is 0.251 e. The first-order valence-corrected chi connectivity index (χ1v) is 5.70. The molecule has 2 rings (SSSR count). The molecule has 0 bridgehead atoms. The molecule has 0 radical (unpaired) electrons. The Morgan fingerprint density at radius 3 is 2.67 bits per heavy atom. The van der Waals surface area contributed by atoms with Crippen molar-refractivity contribution in [2.24, 2.45) is 0 Å². The molecule has 1 heterocycles. The minimum atomic E-state index is -0.271. The van der Waals surface area contributed by atoms with Crippen molar-refractivity contribution in [1.29, 1.82) is 0 Å². The van der Waals surface area contributed by atoms with E-state index in [0.717, 1.165) is 0 Å². The largest absolute Gasteiger partial charge is 0.467 e. The molecule has 0 spiro atoms. The molecule has 1 aromatic carbocycles. The molecule has 1 aromatic heterocycles. The lowest BCUT2D eigenvalue weighted by molar-refractivity contribution is 0.0738. The SMILES string of the molecule is COC(CNC(=O)c1ccccc1)c1ccco1. The number of rotatable bonds is 5. The van der Waals surface area contributed by atoms with Crippen LogP contribution in [0.5, 0.6) is 0 Å². The van der Waals surface area contributed by atoms with Crippen LogP contribution in [0.15, 0.2) is 53.1 Å². The van der Waals surface area contributed by atoms with E-state index in [4.69, 9.17) is 9.15 Å². The Kier molecular flexibility index (Phi) is 4.15. The fourth-order valence-electron chi connectivity index (χ4n) is 1.65. The molecule has 0 aliphatic rings. The first-order chi connectivity index (χ1) is 8.81. The zero-order chi connectivity index (χ0) is 12.8. The van der Waals surface area contributed by atoms with E-state index in [-0.39, 0.29) is 12.0 Å². The second-order valence-corrected chi connectivity index (χ2v) is 3.82. The summed E-state index contributed by atoms with van der Waals surface area (Å²) in [6.45, 7) is 0.373. The molecule has 1 unspecified atom stereocenters. The van der Waals surface area contributed by atoms with E-state index < -0.39 is 0 Å². The van der Waals surface area contributed by atoms with E-state index in [1.807, 2.05) is 24.3 Å². The minimum Gasteiger partial charge on any atom is -0.467 e. The molecular formula is C14H15NO3. The monoisotopic (exact) mass is 245 g/mol. The van der Waals surface area contributed by atoms with Crippen molar-refractivity contribution < 1.29 is 13.9 Å². The maximum absolute atomic E-state index is 11.8. The highest BCUT2D eigenvalue weighted by Gasteiger charge is 2.14. The standard InChI is InChI=1S/C14H15NO3/c1-17-13(12-8-5-9-18-12)10-15-14(16)11-6-3-2-4-7-11/h2-9,13H,10H2,1H3,(H,15,16). The minimum absolute atomic E-state index is 0.121. The summed E-state index contributed by atoms with van der Waals surface area (Å²) in [6.07, 6.45) is 1.31. The number of hydrogen-bond acceptors (Lipinski definition) is 3. The number of furan rings is 1. The maximum atomic E-state index is 11.8. The van der Waals surface area contributed by atoms with Gasteiger partial charge in [0.1, 0.15) is 11.9 Å². The van der Waals surface area contributed by atoms with Gasteiger partial charge in [0, 0.05) is 12.7 Å². The van der Waals surface area contributed by atoms with Crippen LogP contribution >= 0.6 is 0 Å². The molecule has 0 fully saturated rings. The van der Waals surface area contributed by atoms with Gasteiger partial charge in [0.25, 0.3) is 5.91 Å². The summed E-state index contributed by atoms with van der Waals surface area (Å²) in [6, 6.07) is 12.7. The van der Waals surface area contributed by atoms with Crippen LogP contribution in [0, 0.1) is 0 Å². The van der Waals surface area contributed by atoms with Gasteiger partial charge < -0.3 is 14.5 Å². The Bertz CT molecular complexity index is 479. The van der Waals surface area contributed by atoms with Crippen LogP contribution in [-0.4, -0.2) is 19.6 Å². The third-order valence-electron chi connectivity index (χ3n) is 2.63. The molecule has 4 nitrogen and oxygen atoms in total. The van der Waals surface area contributed by atoms with Crippen LogP contribution in [-0.2, 0) is 4.74 Å². The van der Waals surface area contributed by atoms with Gasteiger partial charge in [-0.1, -0.05) is 18.2 Å². The third kappa shape index (κ3) is 2.99. The van der Waals surface area contributed by atoms with Gasteiger partial charge in [-0.25, -0.2) is 0 Å². The Morgan fingerprint density at radius 2 is 2.06 bits per heavy atom. The number of benzene rings is 1. The van der Waals surface area contributed by atoms with E-state index in [1.54, 1.807) is 31.6 Å². The first-order valence-electron chi connectivity index (χ1n) is 5.70. The van der Waals surface area contributed by atoms with Crippen LogP contribution in [0.2, 0.25) is 0 Å². The van der Waals surface area contributed by atoms with E-state index in [9.17, 15) is 4.79 Å². The second kappa shape index (κ2) is 6.02. The normalized spacial score (nSPS) is 12.1. The first kappa shape index (κ1) is 12.4. The van der Waals surface area contributed by atoms with Crippen molar-refractivity contribution in [3.8, 4) is 0 Å². The van der Waals surface area contributed by atoms with Crippen molar-refractivity contribution in [2.75, 3.05) is 13.7 Å². The highest BCUT2D eigenvalue weighted by atomic mass is 16.5. The van der Waals surface area contributed by atoms with Crippen LogP contribution in [0.4, 0.5) is 0 Å². The summed E-state index contributed by atoms with van der Waals surface area (Å²) in [5.41, 5.74) is 0.631. The van der Waals surface area contributed by atoms with Crippen molar-refractivity contribution >= 4 is 5.91 Å². The summed E-state index contributed by atoms with van der Waals surface area (Å²) in [4.78, 5) is 11.8. The number of hydrogen-bond donors (Lipinski definition) is 1. The van der Waals surface area contributed by atoms with Crippen molar-refractivity contribution in [2.45, 2.75) is 6.10 Å². The zero-order valence-electron chi connectivity index (χ0n) is 10.1. The van der Waals surface area contributed by atoms with Crippen LogP contribution in [0.25, 0.3) is 0 Å². The van der Waals surface area contributed by atoms with Gasteiger partial charge in [0.05, 0.1) is 12.8 Å². The van der Waals surface area contributed by atoms with E-state index in [0.29, 0.717) is 17.9 Å². The molecule has 2 aromatic rings.